The molecule has 0 aliphatic heterocycles. The van der Waals surface area contributed by atoms with Crippen LogP contribution in [-0.4, -0.2) is 16.2 Å². The highest BCUT2D eigenvalue weighted by Crippen LogP contribution is 2.28. The van der Waals surface area contributed by atoms with E-state index in [-0.39, 0.29) is 6.04 Å². The van der Waals surface area contributed by atoms with Crippen molar-refractivity contribution >= 4 is 11.6 Å². The largest absolute Gasteiger partial charge is 0.339 e. The first-order valence-corrected chi connectivity index (χ1v) is 7.90. The van der Waals surface area contributed by atoms with Gasteiger partial charge in [0.1, 0.15) is 0 Å². The molecule has 1 aliphatic rings. The monoisotopic (exact) mass is 305 g/mol. The minimum Gasteiger partial charge on any atom is -0.339 e. The molecule has 1 fully saturated rings. The quantitative estimate of drug-likeness (QED) is 0.919. The van der Waals surface area contributed by atoms with E-state index in [0.29, 0.717) is 30.5 Å². The molecule has 2 aromatic rings. The summed E-state index contributed by atoms with van der Waals surface area (Å²) in [6.45, 7) is 0. The minimum atomic E-state index is 0.131. The summed E-state index contributed by atoms with van der Waals surface area (Å²) >= 11 is 5.98. The fraction of sp³-hybridized carbons (Fsp3) is 0.500. The first-order chi connectivity index (χ1) is 10.2. The van der Waals surface area contributed by atoms with Crippen molar-refractivity contribution in [2.45, 2.75) is 44.6 Å². The Morgan fingerprint density at radius 3 is 2.90 bits per heavy atom. The topological polar surface area (TPSA) is 64.9 Å². The summed E-state index contributed by atoms with van der Waals surface area (Å²) in [6.07, 6.45) is 6.34. The van der Waals surface area contributed by atoms with Crippen LogP contribution in [-0.2, 0) is 12.8 Å². The number of benzene rings is 1. The maximum absolute atomic E-state index is 6.25. The number of hydrogen-bond acceptors (Lipinski definition) is 4. The first kappa shape index (κ1) is 14.5. The van der Waals surface area contributed by atoms with Crippen molar-refractivity contribution in [1.82, 2.24) is 10.1 Å². The number of halogens is 1. The Hall–Kier alpha value is -1.39. The SMILES string of the molecule is NC(Cc1nc(Cc2cccc(Cl)c2)no1)C1CCCC1. The fourth-order valence-electron chi connectivity index (χ4n) is 3.03. The summed E-state index contributed by atoms with van der Waals surface area (Å²) in [5, 5.41) is 4.76. The Labute approximate surface area is 129 Å². The highest BCUT2D eigenvalue weighted by atomic mass is 35.5. The zero-order valence-corrected chi connectivity index (χ0v) is 12.7. The smallest absolute Gasteiger partial charge is 0.228 e. The lowest BCUT2D eigenvalue weighted by Gasteiger charge is -2.16. The van der Waals surface area contributed by atoms with E-state index in [4.69, 9.17) is 21.9 Å². The molecule has 2 N–H and O–H groups in total. The molecule has 0 spiro atoms. The van der Waals surface area contributed by atoms with E-state index in [9.17, 15) is 0 Å². The highest BCUT2D eigenvalue weighted by Gasteiger charge is 2.24. The normalized spacial score (nSPS) is 17.2. The van der Waals surface area contributed by atoms with Gasteiger partial charge in [0.25, 0.3) is 0 Å². The van der Waals surface area contributed by atoms with Crippen LogP contribution in [0.25, 0.3) is 0 Å². The molecular weight excluding hydrogens is 286 g/mol. The zero-order valence-electron chi connectivity index (χ0n) is 12.0. The fourth-order valence-corrected chi connectivity index (χ4v) is 3.24. The molecule has 3 rings (SSSR count). The van der Waals surface area contributed by atoms with Crippen molar-refractivity contribution in [2.75, 3.05) is 0 Å². The van der Waals surface area contributed by atoms with Crippen LogP contribution in [0.5, 0.6) is 0 Å². The summed E-state index contributed by atoms with van der Waals surface area (Å²) in [5.41, 5.74) is 7.33. The van der Waals surface area contributed by atoms with Crippen LogP contribution in [0.4, 0.5) is 0 Å². The number of nitrogens with two attached hydrogens (primary N) is 1. The van der Waals surface area contributed by atoms with Gasteiger partial charge in [0, 0.05) is 23.9 Å². The van der Waals surface area contributed by atoms with Gasteiger partial charge in [0.2, 0.25) is 5.89 Å². The average molecular weight is 306 g/mol. The lowest BCUT2D eigenvalue weighted by atomic mass is 9.96. The van der Waals surface area contributed by atoms with E-state index in [2.05, 4.69) is 10.1 Å². The molecule has 1 aliphatic carbocycles. The van der Waals surface area contributed by atoms with Crippen LogP contribution < -0.4 is 5.73 Å². The van der Waals surface area contributed by atoms with Crippen LogP contribution in [0.3, 0.4) is 0 Å². The van der Waals surface area contributed by atoms with Gasteiger partial charge in [-0.25, -0.2) is 0 Å². The number of nitrogens with zero attached hydrogens (tertiary/aromatic N) is 2. The molecular formula is C16H20ClN3O. The minimum absolute atomic E-state index is 0.131. The summed E-state index contributed by atoms with van der Waals surface area (Å²) in [7, 11) is 0. The van der Waals surface area contributed by atoms with Crippen LogP contribution in [0.2, 0.25) is 5.02 Å². The summed E-state index contributed by atoms with van der Waals surface area (Å²) in [4.78, 5) is 4.45. The van der Waals surface area contributed by atoms with E-state index in [1.54, 1.807) is 0 Å². The molecule has 1 saturated carbocycles. The third kappa shape index (κ3) is 3.83. The van der Waals surface area contributed by atoms with E-state index in [1.165, 1.54) is 25.7 Å². The van der Waals surface area contributed by atoms with Crippen LogP contribution >= 0.6 is 11.6 Å². The number of hydrogen-bond donors (Lipinski definition) is 1. The van der Waals surface area contributed by atoms with Gasteiger partial charge in [0.05, 0.1) is 0 Å². The van der Waals surface area contributed by atoms with Gasteiger partial charge in [-0.1, -0.05) is 41.7 Å². The number of aromatic nitrogens is 2. The van der Waals surface area contributed by atoms with Crippen LogP contribution in [0, 0.1) is 5.92 Å². The van der Waals surface area contributed by atoms with E-state index < -0.39 is 0 Å². The van der Waals surface area contributed by atoms with E-state index >= 15 is 0 Å². The molecule has 0 saturated heterocycles. The maximum atomic E-state index is 6.25. The van der Waals surface area contributed by atoms with Gasteiger partial charge >= 0.3 is 0 Å². The second kappa shape index (κ2) is 6.58. The number of rotatable bonds is 5. The molecule has 1 atom stereocenters. The Morgan fingerprint density at radius 1 is 1.33 bits per heavy atom. The van der Waals surface area contributed by atoms with Crippen LogP contribution in [0.15, 0.2) is 28.8 Å². The third-order valence-corrected chi connectivity index (χ3v) is 4.41. The summed E-state index contributed by atoms with van der Waals surface area (Å²) in [6, 6.07) is 7.84. The Balaban J connectivity index is 1.60. The maximum Gasteiger partial charge on any atom is 0.228 e. The predicted octanol–water partition coefficient (Wildman–Crippen LogP) is 3.37. The van der Waals surface area contributed by atoms with Crippen molar-refractivity contribution in [2.24, 2.45) is 11.7 Å². The lowest BCUT2D eigenvalue weighted by Crippen LogP contribution is -2.30. The van der Waals surface area contributed by atoms with Crippen LogP contribution in [0.1, 0.15) is 43.0 Å². The van der Waals surface area contributed by atoms with Gasteiger partial charge in [-0.15, -0.1) is 0 Å². The van der Waals surface area contributed by atoms with Crippen molar-refractivity contribution in [3.63, 3.8) is 0 Å². The second-order valence-corrected chi connectivity index (χ2v) is 6.26. The predicted molar refractivity (Wildman–Crippen MR) is 82.2 cm³/mol. The van der Waals surface area contributed by atoms with Gasteiger partial charge in [-0.2, -0.15) is 4.98 Å². The lowest BCUT2D eigenvalue weighted by molar-refractivity contribution is 0.339. The molecule has 1 unspecified atom stereocenters. The zero-order chi connectivity index (χ0) is 14.7. The first-order valence-electron chi connectivity index (χ1n) is 7.52. The molecule has 0 radical (unpaired) electrons. The molecule has 5 heteroatoms. The van der Waals surface area contributed by atoms with Gasteiger partial charge in [-0.05, 0) is 36.5 Å². The Bertz CT molecular complexity index is 593. The molecule has 21 heavy (non-hydrogen) atoms. The standard InChI is InChI=1S/C16H20ClN3O/c17-13-7-3-4-11(8-13)9-15-19-16(21-20-15)10-14(18)12-5-1-2-6-12/h3-4,7-8,12,14H,1-2,5-6,9-10,18H2. The molecule has 0 bridgehead atoms. The van der Waals surface area contributed by atoms with Gasteiger partial charge < -0.3 is 10.3 Å². The molecule has 0 amide bonds. The van der Waals surface area contributed by atoms with Crippen molar-refractivity contribution in [3.8, 4) is 0 Å². The average Bonchev–Trinajstić information content (AvgIpc) is 3.10. The molecule has 112 valence electrons. The van der Waals surface area contributed by atoms with Crippen molar-refractivity contribution in [3.05, 3.63) is 46.6 Å². The Morgan fingerprint density at radius 2 is 2.14 bits per heavy atom. The summed E-state index contributed by atoms with van der Waals surface area (Å²) < 4.78 is 5.32. The second-order valence-electron chi connectivity index (χ2n) is 5.82. The molecule has 1 aromatic carbocycles. The van der Waals surface area contributed by atoms with E-state index in [1.807, 2.05) is 24.3 Å². The van der Waals surface area contributed by atoms with Crippen molar-refractivity contribution < 1.29 is 4.52 Å². The third-order valence-electron chi connectivity index (χ3n) is 4.18. The van der Waals surface area contributed by atoms with Gasteiger partial charge in [0.15, 0.2) is 5.82 Å². The molecule has 4 nitrogen and oxygen atoms in total. The molecule has 1 aromatic heterocycles. The highest BCUT2D eigenvalue weighted by molar-refractivity contribution is 6.30. The van der Waals surface area contributed by atoms with Gasteiger partial charge in [-0.3, -0.25) is 0 Å². The van der Waals surface area contributed by atoms with Crippen molar-refractivity contribution in [1.29, 1.82) is 0 Å². The van der Waals surface area contributed by atoms with E-state index in [0.717, 1.165) is 10.6 Å². The molecule has 1 heterocycles. The Kier molecular flexibility index (Phi) is 4.56. The summed E-state index contributed by atoms with van der Waals surface area (Å²) in [5.74, 6) is 1.94.